The van der Waals surface area contributed by atoms with Crippen LogP contribution in [0.3, 0.4) is 0 Å². The summed E-state index contributed by atoms with van der Waals surface area (Å²) in [6, 6.07) is 13.8. The summed E-state index contributed by atoms with van der Waals surface area (Å²) in [5.41, 5.74) is 3.37. The molecule has 0 amide bonds. The van der Waals surface area contributed by atoms with E-state index in [0.717, 1.165) is 17.7 Å². The van der Waals surface area contributed by atoms with Gasteiger partial charge in [0.25, 0.3) is 0 Å². The van der Waals surface area contributed by atoms with Crippen molar-refractivity contribution >= 4 is 28.9 Å². The summed E-state index contributed by atoms with van der Waals surface area (Å²) in [4.78, 5) is 0. The number of anilines is 1. The van der Waals surface area contributed by atoms with E-state index in [1.165, 1.54) is 5.56 Å². The summed E-state index contributed by atoms with van der Waals surface area (Å²) < 4.78 is 5.13. The van der Waals surface area contributed by atoms with Crippen molar-refractivity contribution in [3.63, 3.8) is 0 Å². The lowest BCUT2D eigenvalue weighted by Gasteiger charge is -2.12. The van der Waals surface area contributed by atoms with Gasteiger partial charge in [0.15, 0.2) is 0 Å². The van der Waals surface area contributed by atoms with Gasteiger partial charge < -0.3 is 10.1 Å². The first-order valence-electron chi connectivity index (χ1n) is 6.45. The Morgan fingerprint density at radius 2 is 1.85 bits per heavy atom. The van der Waals surface area contributed by atoms with Crippen LogP contribution in [0.4, 0.5) is 5.69 Å². The molecule has 0 saturated carbocycles. The van der Waals surface area contributed by atoms with Crippen molar-refractivity contribution in [2.24, 2.45) is 0 Å². The fourth-order valence-corrected chi connectivity index (χ4v) is 2.45. The Balaban J connectivity index is 2.06. The van der Waals surface area contributed by atoms with E-state index in [9.17, 15) is 0 Å². The van der Waals surface area contributed by atoms with E-state index in [2.05, 4.69) is 17.4 Å². The van der Waals surface area contributed by atoms with Gasteiger partial charge in [-0.3, -0.25) is 0 Å². The first kappa shape index (κ1) is 15.2. The van der Waals surface area contributed by atoms with Crippen molar-refractivity contribution in [1.82, 2.24) is 0 Å². The van der Waals surface area contributed by atoms with E-state index in [-0.39, 0.29) is 0 Å². The zero-order valence-corrected chi connectivity index (χ0v) is 12.8. The normalized spacial score (nSPS) is 10.6. The minimum Gasteiger partial charge on any atom is -0.384 e. The standard InChI is InChI=1S/C16H17Cl2NO/c1-20-9-8-12-4-2-3-5-16(12)19-11-13-6-7-14(17)10-15(13)18/h2-7,10,19H,8-9,11H2,1H3. The van der Waals surface area contributed by atoms with E-state index in [1.54, 1.807) is 13.2 Å². The number of hydrogen-bond acceptors (Lipinski definition) is 2. The molecule has 0 aliphatic heterocycles. The van der Waals surface area contributed by atoms with Crippen LogP contribution in [0.25, 0.3) is 0 Å². The second-order valence-electron chi connectivity index (χ2n) is 4.49. The number of benzene rings is 2. The van der Waals surface area contributed by atoms with Crippen LogP contribution < -0.4 is 5.32 Å². The summed E-state index contributed by atoms with van der Waals surface area (Å²) in [5, 5.41) is 4.75. The number of ether oxygens (including phenoxy) is 1. The average molecular weight is 310 g/mol. The van der Waals surface area contributed by atoms with Gasteiger partial charge in [0.05, 0.1) is 6.61 Å². The summed E-state index contributed by atoms with van der Waals surface area (Å²) in [5.74, 6) is 0. The van der Waals surface area contributed by atoms with Gasteiger partial charge in [-0.25, -0.2) is 0 Å². The van der Waals surface area contributed by atoms with E-state index in [0.29, 0.717) is 23.2 Å². The van der Waals surface area contributed by atoms with Crippen molar-refractivity contribution < 1.29 is 4.74 Å². The van der Waals surface area contributed by atoms with Crippen LogP contribution in [0.2, 0.25) is 10.0 Å². The Hall–Kier alpha value is -1.22. The van der Waals surface area contributed by atoms with Crippen LogP contribution in [0.5, 0.6) is 0 Å². The Morgan fingerprint density at radius 1 is 1.05 bits per heavy atom. The molecule has 4 heteroatoms. The maximum atomic E-state index is 6.17. The van der Waals surface area contributed by atoms with Crippen LogP contribution in [0.1, 0.15) is 11.1 Å². The Labute approximate surface area is 129 Å². The molecule has 0 bridgehead atoms. The second kappa shape index (κ2) is 7.53. The summed E-state index contributed by atoms with van der Waals surface area (Å²) >= 11 is 12.1. The van der Waals surface area contributed by atoms with Crippen LogP contribution >= 0.6 is 23.2 Å². The Morgan fingerprint density at radius 3 is 2.60 bits per heavy atom. The highest BCUT2D eigenvalue weighted by molar-refractivity contribution is 6.35. The molecule has 0 fully saturated rings. The lowest BCUT2D eigenvalue weighted by atomic mass is 10.1. The third kappa shape index (κ3) is 4.14. The van der Waals surface area contributed by atoms with Crippen LogP contribution in [0, 0.1) is 0 Å². The molecule has 2 rings (SSSR count). The molecule has 0 heterocycles. The molecule has 0 unspecified atom stereocenters. The number of halogens is 2. The minimum atomic E-state index is 0.652. The van der Waals surface area contributed by atoms with Gasteiger partial charge >= 0.3 is 0 Å². The third-order valence-electron chi connectivity index (χ3n) is 3.08. The predicted molar refractivity (Wildman–Crippen MR) is 85.8 cm³/mol. The smallest absolute Gasteiger partial charge is 0.0503 e. The maximum absolute atomic E-state index is 6.17. The van der Waals surface area contributed by atoms with Crippen molar-refractivity contribution in [3.8, 4) is 0 Å². The molecule has 0 radical (unpaired) electrons. The third-order valence-corrected chi connectivity index (χ3v) is 3.66. The molecule has 2 nitrogen and oxygen atoms in total. The second-order valence-corrected chi connectivity index (χ2v) is 5.33. The molecule has 2 aromatic carbocycles. The largest absolute Gasteiger partial charge is 0.384 e. The van der Waals surface area contributed by atoms with E-state index in [4.69, 9.17) is 27.9 Å². The molecule has 0 spiro atoms. The van der Waals surface area contributed by atoms with Crippen molar-refractivity contribution in [1.29, 1.82) is 0 Å². The number of rotatable bonds is 6. The molecule has 0 aliphatic rings. The van der Waals surface area contributed by atoms with Gasteiger partial charge in [0, 0.05) is 29.4 Å². The number of methoxy groups -OCH3 is 1. The molecule has 2 aromatic rings. The summed E-state index contributed by atoms with van der Waals surface area (Å²) in [7, 11) is 1.71. The molecule has 0 atom stereocenters. The van der Waals surface area contributed by atoms with Crippen molar-refractivity contribution in [2.75, 3.05) is 19.0 Å². The molecule has 20 heavy (non-hydrogen) atoms. The van der Waals surface area contributed by atoms with Gasteiger partial charge in [-0.15, -0.1) is 0 Å². The maximum Gasteiger partial charge on any atom is 0.0503 e. The zero-order chi connectivity index (χ0) is 14.4. The van der Waals surface area contributed by atoms with Gasteiger partial charge in [-0.1, -0.05) is 47.5 Å². The van der Waals surface area contributed by atoms with Crippen molar-refractivity contribution in [3.05, 3.63) is 63.6 Å². The quantitative estimate of drug-likeness (QED) is 0.828. The van der Waals surface area contributed by atoms with Crippen molar-refractivity contribution in [2.45, 2.75) is 13.0 Å². The Kier molecular flexibility index (Phi) is 5.72. The van der Waals surface area contributed by atoms with E-state index < -0.39 is 0 Å². The zero-order valence-electron chi connectivity index (χ0n) is 11.3. The van der Waals surface area contributed by atoms with Gasteiger partial charge in [0.2, 0.25) is 0 Å². The Bertz CT molecular complexity index is 572. The first-order valence-corrected chi connectivity index (χ1v) is 7.21. The molecule has 0 saturated heterocycles. The lowest BCUT2D eigenvalue weighted by molar-refractivity contribution is 0.202. The highest BCUT2D eigenvalue weighted by Gasteiger charge is 2.04. The summed E-state index contributed by atoms with van der Waals surface area (Å²) in [6.07, 6.45) is 0.883. The number of para-hydroxylation sites is 1. The lowest BCUT2D eigenvalue weighted by Crippen LogP contribution is -2.04. The predicted octanol–water partition coefficient (Wildman–Crippen LogP) is 4.79. The van der Waals surface area contributed by atoms with Gasteiger partial charge in [0.1, 0.15) is 0 Å². The highest BCUT2D eigenvalue weighted by atomic mass is 35.5. The van der Waals surface area contributed by atoms with Crippen LogP contribution in [-0.4, -0.2) is 13.7 Å². The topological polar surface area (TPSA) is 21.3 Å². The molecule has 106 valence electrons. The van der Waals surface area contributed by atoms with Gasteiger partial charge in [-0.05, 0) is 35.7 Å². The molecule has 0 aromatic heterocycles. The first-order chi connectivity index (χ1) is 9.70. The molecule has 1 N–H and O–H groups in total. The highest BCUT2D eigenvalue weighted by Crippen LogP contribution is 2.23. The van der Waals surface area contributed by atoms with Crippen LogP contribution in [0.15, 0.2) is 42.5 Å². The molecular weight excluding hydrogens is 293 g/mol. The monoisotopic (exact) mass is 309 g/mol. The molecule has 0 aliphatic carbocycles. The van der Waals surface area contributed by atoms with Gasteiger partial charge in [-0.2, -0.15) is 0 Å². The SMILES string of the molecule is COCCc1ccccc1NCc1ccc(Cl)cc1Cl. The van der Waals surface area contributed by atoms with Crippen LogP contribution in [-0.2, 0) is 17.7 Å². The average Bonchev–Trinajstić information content (AvgIpc) is 2.45. The fourth-order valence-electron chi connectivity index (χ4n) is 1.98. The number of nitrogens with one attached hydrogen (secondary N) is 1. The van der Waals surface area contributed by atoms with E-state index in [1.807, 2.05) is 24.3 Å². The minimum absolute atomic E-state index is 0.652. The summed E-state index contributed by atoms with van der Waals surface area (Å²) in [6.45, 7) is 1.38. The van der Waals surface area contributed by atoms with E-state index >= 15 is 0 Å². The number of hydrogen-bond donors (Lipinski definition) is 1. The fraction of sp³-hybridized carbons (Fsp3) is 0.250. The molecular formula is C16H17Cl2NO.